The summed E-state index contributed by atoms with van der Waals surface area (Å²) in [5.74, 6) is 0.683. The maximum atomic E-state index is 11.6. The van der Waals surface area contributed by atoms with Gasteiger partial charge in [0.05, 0.1) is 4.43 Å². The van der Waals surface area contributed by atoms with E-state index in [0.29, 0.717) is 28.8 Å². The lowest BCUT2D eigenvalue weighted by molar-refractivity contribution is -0.126. The Balaban J connectivity index is 3.41. The van der Waals surface area contributed by atoms with Gasteiger partial charge in [-0.25, -0.2) is 0 Å². The second kappa shape index (κ2) is 8.20. The molecule has 94 valence electrons. The molecule has 0 unspecified atom stereocenters. The fourth-order valence-electron chi connectivity index (χ4n) is 1.40. The summed E-state index contributed by atoms with van der Waals surface area (Å²) < 4.78 is 0.625. The van der Waals surface area contributed by atoms with E-state index >= 15 is 0 Å². The molecule has 0 aromatic carbocycles. The topological polar surface area (TPSA) is 34.1 Å². The van der Waals surface area contributed by atoms with Crippen LogP contribution in [0.15, 0.2) is 0 Å². The third kappa shape index (κ3) is 8.25. The van der Waals surface area contributed by atoms with Crippen molar-refractivity contribution in [2.45, 2.75) is 59.3 Å². The zero-order valence-electron chi connectivity index (χ0n) is 10.6. The molecule has 0 aliphatic rings. The molecule has 0 atom stereocenters. The molecule has 0 heterocycles. The summed E-state index contributed by atoms with van der Waals surface area (Å²) in [6, 6.07) is 0. The number of alkyl halides is 1. The predicted molar refractivity (Wildman–Crippen MR) is 76.1 cm³/mol. The molecule has 0 N–H and O–H groups in total. The van der Waals surface area contributed by atoms with E-state index in [2.05, 4.69) is 22.6 Å². The van der Waals surface area contributed by atoms with Crippen LogP contribution in [-0.2, 0) is 9.59 Å². The van der Waals surface area contributed by atoms with Gasteiger partial charge in [-0.05, 0) is 12.8 Å². The third-order valence-electron chi connectivity index (χ3n) is 2.60. The molecule has 0 saturated heterocycles. The molecule has 0 bridgehead atoms. The van der Waals surface area contributed by atoms with Crippen molar-refractivity contribution >= 4 is 34.2 Å². The minimum Gasteiger partial charge on any atom is -0.299 e. The highest BCUT2D eigenvalue weighted by Crippen LogP contribution is 2.18. The van der Waals surface area contributed by atoms with Gasteiger partial charge in [0.1, 0.15) is 11.6 Å². The first kappa shape index (κ1) is 16.1. The Morgan fingerprint density at radius 3 is 1.88 bits per heavy atom. The van der Waals surface area contributed by atoms with E-state index in [1.807, 2.05) is 20.8 Å². The average Bonchev–Trinajstić information content (AvgIpc) is 2.20. The normalized spacial score (nSPS) is 11.5. The number of Topliss-reactive ketones (excluding diaryl/α,β-unsaturated/α-hetero) is 2. The molecular formula is C13H23IO2. The van der Waals surface area contributed by atoms with E-state index in [-0.39, 0.29) is 5.41 Å². The number of unbranched alkanes of at least 4 members (excludes halogenated alkanes) is 3. The second-order valence-electron chi connectivity index (χ2n) is 5.26. The summed E-state index contributed by atoms with van der Waals surface area (Å²) in [5.41, 5.74) is -0.197. The van der Waals surface area contributed by atoms with Gasteiger partial charge in [-0.15, -0.1) is 0 Å². The van der Waals surface area contributed by atoms with Crippen LogP contribution in [0.5, 0.6) is 0 Å². The van der Waals surface area contributed by atoms with Crippen LogP contribution in [-0.4, -0.2) is 16.0 Å². The molecule has 0 rings (SSSR count). The third-order valence-corrected chi connectivity index (χ3v) is 3.45. The summed E-state index contributed by atoms with van der Waals surface area (Å²) in [7, 11) is 0. The summed E-state index contributed by atoms with van der Waals surface area (Å²) in [6.07, 6.45) is 5.47. The van der Waals surface area contributed by atoms with Crippen LogP contribution in [0.3, 0.4) is 0 Å². The quantitative estimate of drug-likeness (QED) is 0.382. The van der Waals surface area contributed by atoms with Gasteiger partial charge in [0.25, 0.3) is 0 Å². The monoisotopic (exact) mass is 338 g/mol. The van der Waals surface area contributed by atoms with Crippen LogP contribution in [0.4, 0.5) is 0 Å². The zero-order valence-corrected chi connectivity index (χ0v) is 12.8. The first-order chi connectivity index (χ1) is 7.38. The van der Waals surface area contributed by atoms with Crippen molar-refractivity contribution in [1.82, 2.24) is 0 Å². The van der Waals surface area contributed by atoms with Gasteiger partial charge in [0.2, 0.25) is 0 Å². The van der Waals surface area contributed by atoms with Crippen molar-refractivity contribution in [3.05, 3.63) is 0 Å². The zero-order chi connectivity index (χ0) is 12.6. The number of rotatable bonds is 8. The molecule has 2 nitrogen and oxygen atoms in total. The highest BCUT2D eigenvalue weighted by Gasteiger charge is 2.19. The van der Waals surface area contributed by atoms with Gasteiger partial charge in [-0.1, -0.05) is 56.2 Å². The summed E-state index contributed by atoms with van der Waals surface area (Å²) in [5, 5.41) is 0. The van der Waals surface area contributed by atoms with Crippen LogP contribution in [0.2, 0.25) is 0 Å². The lowest BCUT2D eigenvalue weighted by atomic mass is 9.88. The van der Waals surface area contributed by atoms with Crippen molar-refractivity contribution in [1.29, 1.82) is 0 Å². The average molecular weight is 338 g/mol. The Hall–Kier alpha value is 0.0700. The minimum atomic E-state index is -0.197. The Morgan fingerprint density at radius 2 is 1.44 bits per heavy atom. The van der Waals surface area contributed by atoms with Crippen LogP contribution in [0.1, 0.15) is 59.3 Å². The molecular weight excluding hydrogens is 315 g/mol. The largest absolute Gasteiger partial charge is 0.299 e. The lowest BCUT2D eigenvalue weighted by Crippen LogP contribution is -2.19. The first-order valence-corrected chi connectivity index (χ1v) is 7.51. The van der Waals surface area contributed by atoms with Gasteiger partial charge >= 0.3 is 0 Å². The second-order valence-corrected chi connectivity index (χ2v) is 6.02. The van der Waals surface area contributed by atoms with Crippen molar-refractivity contribution < 1.29 is 9.59 Å². The van der Waals surface area contributed by atoms with E-state index in [4.69, 9.17) is 0 Å². The van der Waals surface area contributed by atoms with E-state index in [1.54, 1.807) is 0 Å². The summed E-state index contributed by atoms with van der Waals surface area (Å²) >= 11 is 2.11. The smallest absolute Gasteiger partial charge is 0.142 e. The highest BCUT2D eigenvalue weighted by molar-refractivity contribution is 14.1. The first-order valence-electron chi connectivity index (χ1n) is 5.99. The highest BCUT2D eigenvalue weighted by atomic mass is 127. The van der Waals surface area contributed by atoms with Crippen LogP contribution in [0, 0.1) is 5.41 Å². The molecule has 0 aromatic rings. The van der Waals surface area contributed by atoms with Crippen molar-refractivity contribution in [3.63, 3.8) is 0 Å². The molecule has 3 heteroatoms. The molecule has 0 aliphatic heterocycles. The molecule has 0 radical (unpaired) electrons. The Bertz CT molecular complexity index is 229. The van der Waals surface area contributed by atoms with Gasteiger partial charge in [0, 0.05) is 18.3 Å². The molecule has 0 saturated carbocycles. The van der Waals surface area contributed by atoms with Crippen LogP contribution < -0.4 is 0 Å². The molecule has 16 heavy (non-hydrogen) atoms. The minimum absolute atomic E-state index is 0.197. The van der Waals surface area contributed by atoms with Crippen LogP contribution in [0.25, 0.3) is 0 Å². The lowest BCUT2D eigenvalue weighted by Gasteiger charge is -2.16. The van der Waals surface area contributed by atoms with Gasteiger partial charge < -0.3 is 0 Å². The molecule has 0 aliphatic carbocycles. The number of carbonyl (C=O) groups excluding carboxylic acids is 2. The summed E-state index contributed by atoms with van der Waals surface area (Å²) in [4.78, 5) is 22.6. The number of halogens is 1. The molecule has 0 spiro atoms. The number of hydrogen-bond donors (Lipinski definition) is 0. The van der Waals surface area contributed by atoms with Gasteiger partial charge in [0.15, 0.2) is 0 Å². The number of ketones is 2. The van der Waals surface area contributed by atoms with E-state index in [1.165, 1.54) is 0 Å². The van der Waals surface area contributed by atoms with E-state index < -0.39 is 0 Å². The number of hydrogen-bond acceptors (Lipinski definition) is 2. The Morgan fingerprint density at radius 1 is 0.938 bits per heavy atom. The number of carbonyl (C=O) groups is 2. The molecule has 0 fully saturated rings. The van der Waals surface area contributed by atoms with Crippen molar-refractivity contribution in [2.75, 3.05) is 4.43 Å². The van der Waals surface area contributed by atoms with Gasteiger partial charge in [-0.3, -0.25) is 9.59 Å². The molecule has 0 aromatic heterocycles. The SMILES string of the molecule is CC(C)(C)C(=O)CCCCCCC(=O)CI. The Labute approximate surface area is 113 Å². The maximum Gasteiger partial charge on any atom is 0.142 e. The summed E-state index contributed by atoms with van der Waals surface area (Å²) in [6.45, 7) is 5.90. The van der Waals surface area contributed by atoms with E-state index in [0.717, 1.165) is 25.7 Å². The maximum absolute atomic E-state index is 11.6. The fourth-order valence-corrected chi connectivity index (χ4v) is 1.78. The van der Waals surface area contributed by atoms with E-state index in [9.17, 15) is 9.59 Å². The standard InChI is InChI=1S/C13H23IO2/c1-13(2,3)12(16)9-7-5-4-6-8-11(15)10-14/h4-10H2,1-3H3. The predicted octanol–water partition coefficient (Wildman–Crippen LogP) is 3.95. The van der Waals surface area contributed by atoms with Crippen molar-refractivity contribution in [2.24, 2.45) is 5.41 Å². The van der Waals surface area contributed by atoms with Crippen LogP contribution >= 0.6 is 22.6 Å². The Kier molecular flexibility index (Phi) is 8.24. The van der Waals surface area contributed by atoms with Crippen molar-refractivity contribution in [3.8, 4) is 0 Å². The van der Waals surface area contributed by atoms with Gasteiger partial charge in [-0.2, -0.15) is 0 Å². The molecule has 0 amide bonds. The fraction of sp³-hybridized carbons (Fsp3) is 0.846.